The Kier molecular flexibility index (Phi) is 4.39. The average Bonchev–Trinajstić information content (AvgIpc) is 3.01. The molecule has 0 aliphatic rings. The molecule has 1 heterocycles. The van der Waals surface area contributed by atoms with Crippen LogP contribution in [-0.4, -0.2) is 26.3 Å². The van der Waals surface area contributed by atoms with Crippen LogP contribution in [0.15, 0.2) is 46.1 Å². The molecule has 0 spiro atoms. The first-order valence-electron chi connectivity index (χ1n) is 5.83. The SMILES string of the molecule is COc1ccc(OC)c(C=NNC(=O)c2ccco2)c1. The third-order valence-corrected chi connectivity index (χ3v) is 2.55. The van der Waals surface area contributed by atoms with Gasteiger partial charge in [-0.05, 0) is 30.3 Å². The molecule has 1 aromatic heterocycles. The van der Waals surface area contributed by atoms with Crippen molar-refractivity contribution in [2.24, 2.45) is 5.10 Å². The van der Waals surface area contributed by atoms with Gasteiger partial charge in [0.1, 0.15) is 11.5 Å². The number of carbonyl (C=O) groups excluding carboxylic acids is 1. The third kappa shape index (κ3) is 3.17. The van der Waals surface area contributed by atoms with Crippen LogP contribution in [0.5, 0.6) is 11.5 Å². The van der Waals surface area contributed by atoms with Crippen molar-refractivity contribution in [2.75, 3.05) is 14.2 Å². The van der Waals surface area contributed by atoms with E-state index in [-0.39, 0.29) is 5.76 Å². The normalized spacial score (nSPS) is 10.5. The molecule has 104 valence electrons. The number of furan rings is 1. The molecule has 2 rings (SSSR count). The maximum absolute atomic E-state index is 11.6. The molecule has 0 fully saturated rings. The largest absolute Gasteiger partial charge is 0.497 e. The van der Waals surface area contributed by atoms with Crippen LogP contribution in [0, 0.1) is 0 Å². The molecule has 0 aliphatic carbocycles. The van der Waals surface area contributed by atoms with Gasteiger partial charge in [0.05, 0.1) is 26.7 Å². The van der Waals surface area contributed by atoms with Crippen molar-refractivity contribution in [1.29, 1.82) is 0 Å². The van der Waals surface area contributed by atoms with Crippen molar-refractivity contribution < 1.29 is 18.7 Å². The number of amides is 1. The van der Waals surface area contributed by atoms with E-state index in [0.29, 0.717) is 17.1 Å². The minimum atomic E-state index is -0.423. The van der Waals surface area contributed by atoms with E-state index in [2.05, 4.69) is 10.5 Å². The van der Waals surface area contributed by atoms with Gasteiger partial charge in [0, 0.05) is 5.56 Å². The lowest BCUT2D eigenvalue weighted by molar-refractivity contribution is 0.0927. The maximum atomic E-state index is 11.6. The molecule has 1 amide bonds. The molecule has 0 saturated heterocycles. The lowest BCUT2D eigenvalue weighted by Gasteiger charge is -2.06. The number of ether oxygens (including phenoxy) is 2. The highest BCUT2D eigenvalue weighted by Crippen LogP contribution is 2.22. The zero-order chi connectivity index (χ0) is 14.4. The second-order valence-electron chi connectivity index (χ2n) is 3.78. The summed E-state index contributed by atoms with van der Waals surface area (Å²) in [4.78, 5) is 11.6. The predicted octanol–water partition coefficient (Wildman–Crippen LogP) is 2.06. The van der Waals surface area contributed by atoms with E-state index in [0.717, 1.165) is 0 Å². The number of rotatable bonds is 5. The van der Waals surface area contributed by atoms with Gasteiger partial charge in [-0.3, -0.25) is 4.79 Å². The number of methoxy groups -OCH3 is 2. The van der Waals surface area contributed by atoms with Gasteiger partial charge in [0.2, 0.25) is 0 Å². The van der Waals surface area contributed by atoms with Crippen molar-refractivity contribution in [2.45, 2.75) is 0 Å². The molecule has 0 unspecified atom stereocenters. The summed E-state index contributed by atoms with van der Waals surface area (Å²) in [5.74, 6) is 1.07. The van der Waals surface area contributed by atoms with Gasteiger partial charge in [0.15, 0.2) is 5.76 Å². The highest BCUT2D eigenvalue weighted by atomic mass is 16.5. The Morgan fingerprint density at radius 1 is 1.30 bits per heavy atom. The zero-order valence-corrected chi connectivity index (χ0v) is 11.1. The smallest absolute Gasteiger partial charge is 0.307 e. The molecule has 6 nitrogen and oxygen atoms in total. The molecule has 0 saturated carbocycles. The molecule has 0 aliphatic heterocycles. The van der Waals surface area contributed by atoms with Crippen LogP contribution < -0.4 is 14.9 Å². The zero-order valence-electron chi connectivity index (χ0n) is 11.1. The Hall–Kier alpha value is -2.76. The monoisotopic (exact) mass is 274 g/mol. The van der Waals surface area contributed by atoms with E-state index in [9.17, 15) is 4.79 Å². The van der Waals surface area contributed by atoms with E-state index >= 15 is 0 Å². The quantitative estimate of drug-likeness (QED) is 0.669. The number of carbonyl (C=O) groups is 1. The van der Waals surface area contributed by atoms with Crippen molar-refractivity contribution in [3.63, 3.8) is 0 Å². The van der Waals surface area contributed by atoms with E-state index < -0.39 is 5.91 Å². The first-order valence-corrected chi connectivity index (χ1v) is 5.83. The molecule has 2 aromatic rings. The van der Waals surface area contributed by atoms with Crippen LogP contribution >= 0.6 is 0 Å². The maximum Gasteiger partial charge on any atom is 0.307 e. The predicted molar refractivity (Wildman–Crippen MR) is 73.3 cm³/mol. The second-order valence-corrected chi connectivity index (χ2v) is 3.78. The van der Waals surface area contributed by atoms with Crippen molar-refractivity contribution in [3.05, 3.63) is 47.9 Å². The number of hydrazone groups is 1. The van der Waals surface area contributed by atoms with Gasteiger partial charge in [-0.1, -0.05) is 0 Å². The lowest BCUT2D eigenvalue weighted by atomic mass is 10.2. The van der Waals surface area contributed by atoms with E-state index in [1.54, 1.807) is 44.6 Å². The highest BCUT2D eigenvalue weighted by Gasteiger charge is 2.07. The van der Waals surface area contributed by atoms with E-state index in [1.165, 1.54) is 12.5 Å². The molecule has 1 N–H and O–H groups in total. The molecule has 20 heavy (non-hydrogen) atoms. The number of benzene rings is 1. The molecule has 6 heteroatoms. The summed E-state index contributed by atoms with van der Waals surface area (Å²) in [6, 6.07) is 8.47. The molecule has 0 atom stereocenters. The van der Waals surface area contributed by atoms with Crippen LogP contribution in [0.2, 0.25) is 0 Å². The molecular weight excluding hydrogens is 260 g/mol. The summed E-state index contributed by atoms with van der Waals surface area (Å²) in [6.07, 6.45) is 2.89. The van der Waals surface area contributed by atoms with Crippen molar-refractivity contribution in [3.8, 4) is 11.5 Å². The minimum absolute atomic E-state index is 0.194. The Morgan fingerprint density at radius 3 is 2.80 bits per heavy atom. The van der Waals surface area contributed by atoms with Crippen LogP contribution in [0.25, 0.3) is 0 Å². The fourth-order valence-corrected chi connectivity index (χ4v) is 1.56. The molecule has 0 bridgehead atoms. The number of nitrogens with zero attached hydrogens (tertiary/aromatic N) is 1. The first-order chi connectivity index (χ1) is 9.74. The fourth-order valence-electron chi connectivity index (χ4n) is 1.56. The van der Waals surface area contributed by atoms with Crippen LogP contribution in [0.3, 0.4) is 0 Å². The van der Waals surface area contributed by atoms with Crippen LogP contribution in [-0.2, 0) is 0 Å². The summed E-state index contributed by atoms with van der Waals surface area (Å²) < 4.78 is 15.3. The van der Waals surface area contributed by atoms with Gasteiger partial charge in [-0.2, -0.15) is 5.10 Å². The average molecular weight is 274 g/mol. The number of hydrogen-bond donors (Lipinski definition) is 1. The van der Waals surface area contributed by atoms with Gasteiger partial charge in [-0.25, -0.2) is 5.43 Å². The van der Waals surface area contributed by atoms with E-state index in [1.807, 2.05) is 0 Å². The number of nitrogens with one attached hydrogen (secondary N) is 1. The van der Waals surface area contributed by atoms with Crippen molar-refractivity contribution >= 4 is 12.1 Å². The number of hydrogen-bond acceptors (Lipinski definition) is 5. The summed E-state index contributed by atoms with van der Waals surface area (Å²) in [5.41, 5.74) is 3.05. The standard InChI is InChI=1S/C14H14N2O4/c1-18-11-5-6-12(19-2)10(8-11)9-15-16-14(17)13-4-3-7-20-13/h3-9H,1-2H3,(H,16,17). The highest BCUT2D eigenvalue weighted by molar-refractivity contribution is 5.92. The Morgan fingerprint density at radius 2 is 2.15 bits per heavy atom. The van der Waals surface area contributed by atoms with E-state index in [4.69, 9.17) is 13.9 Å². The lowest BCUT2D eigenvalue weighted by Crippen LogP contribution is -2.16. The topological polar surface area (TPSA) is 73.1 Å². The first kappa shape index (κ1) is 13.7. The van der Waals surface area contributed by atoms with Gasteiger partial charge >= 0.3 is 5.91 Å². The Balaban J connectivity index is 2.09. The summed E-state index contributed by atoms with van der Waals surface area (Å²) >= 11 is 0. The Bertz CT molecular complexity index is 606. The van der Waals surface area contributed by atoms with Gasteiger partial charge in [0.25, 0.3) is 0 Å². The third-order valence-electron chi connectivity index (χ3n) is 2.55. The van der Waals surface area contributed by atoms with Crippen molar-refractivity contribution in [1.82, 2.24) is 5.43 Å². The molecular formula is C14H14N2O4. The van der Waals surface area contributed by atoms with Gasteiger partial charge < -0.3 is 13.9 Å². The van der Waals surface area contributed by atoms with Gasteiger partial charge in [-0.15, -0.1) is 0 Å². The van der Waals surface area contributed by atoms with Crippen LogP contribution in [0.4, 0.5) is 0 Å². The Labute approximate surface area is 116 Å². The summed E-state index contributed by atoms with van der Waals surface area (Å²) in [7, 11) is 3.13. The summed E-state index contributed by atoms with van der Waals surface area (Å²) in [5, 5.41) is 3.86. The summed E-state index contributed by atoms with van der Waals surface area (Å²) in [6.45, 7) is 0. The van der Waals surface area contributed by atoms with Crippen LogP contribution in [0.1, 0.15) is 16.1 Å². The molecule has 0 radical (unpaired) electrons. The second kappa shape index (κ2) is 6.42. The fraction of sp³-hybridized carbons (Fsp3) is 0.143. The molecule has 1 aromatic carbocycles. The minimum Gasteiger partial charge on any atom is -0.497 e.